The first-order valence-corrected chi connectivity index (χ1v) is 10.1. The minimum absolute atomic E-state index is 0.186. The molecule has 2 aliphatic heterocycles. The number of sulfonamides is 1. The van der Waals surface area contributed by atoms with Gasteiger partial charge in [0.05, 0.1) is 6.04 Å². The van der Waals surface area contributed by atoms with E-state index in [2.05, 4.69) is 35.4 Å². The normalized spacial score (nSPS) is 24.3. The molecule has 0 saturated carbocycles. The summed E-state index contributed by atoms with van der Waals surface area (Å²) in [5.74, 6) is 0.869. The summed E-state index contributed by atoms with van der Waals surface area (Å²) in [5.41, 5.74) is 1.03. The Morgan fingerprint density at radius 3 is 2.62 bits per heavy atom. The van der Waals surface area contributed by atoms with Crippen LogP contribution in [0.2, 0.25) is 0 Å². The van der Waals surface area contributed by atoms with Crippen molar-refractivity contribution in [3.8, 4) is 5.75 Å². The third-order valence-electron chi connectivity index (χ3n) is 4.60. The summed E-state index contributed by atoms with van der Waals surface area (Å²) in [5, 5.41) is 0. The number of rotatable bonds is 3. The largest absolute Gasteiger partial charge is 0.490 e. The van der Waals surface area contributed by atoms with Crippen LogP contribution in [0.1, 0.15) is 20.3 Å². The van der Waals surface area contributed by atoms with Crippen molar-refractivity contribution in [1.82, 2.24) is 9.62 Å². The molecule has 0 aromatic heterocycles. The average molecular weight is 353 g/mol. The van der Waals surface area contributed by atoms with Gasteiger partial charge in [0.1, 0.15) is 17.3 Å². The Bertz CT molecular complexity index is 682. The number of nitrogens with zero attached hydrogens (tertiary/aromatic N) is 2. The lowest BCUT2D eigenvalue weighted by Crippen LogP contribution is -2.44. The van der Waals surface area contributed by atoms with Crippen LogP contribution in [0.3, 0.4) is 0 Å². The molecule has 0 radical (unpaired) electrons. The number of hydrogen-bond donors (Lipinski definition) is 1. The van der Waals surface area contributed by atoms with Crippen LogP contribution in [-0.2, 0) is 10.0 Å². The number of benzene rings is 1. The second-order valence-electron chi connectivity index (χ2n) is 7.18. The predicted octanol–water partition coefficient (Wildman–Crippen LogP) is 1.52. The second-order valence-corrected chi connectivity index (χ2v) is 8.86. The topological polar surface area (TPSA) is 61.9 Å². The molecule has 1 saturated heterocycles. The van der Waals surface area contributed by atoms with E-state index in [0.29, 0.717) is 18.3 Å². The number of anilines is 1. The van der Waals surface area contributed by atoms with E-state index in [1.54, 1.807) is 6.07 Å². The van der Waals surface area contributed by atoms with E-state index >= 15 is 0 Å². The van der Waals surface area contributed by atoms with Crippen LogP contribution in [0, 0.1) is 5.92 Å². The van der Waals surface area contributed by atoms with Crippen LogP contribution in [0.5, 0.6) is 5.75 Å². The maximum absolute atomic E-state index is 12.6. The van der Waals surface area contributed by atoms with Gasteiger partial charge in [-0.15, -0.1) is 0 Å². The highest BCUT2D eigenvalue weighted by atomic mass is 32.2. The van der Waals surface area contributed by atoms with E-state index in [-0.39, 0.29) is 10.9 Å². The summed E-state index contributed by atoms with van der Waals surface area (Å²) in [7, 11) is -1.42. The fourth-order valence-electron chi connectivity index (χ4n) is 3.29. The fraction of sp³-hybridized carbons (Fsp3) is 0.647. The van der Waals surface area contributed by atoms with Gasteiger partial charge >= 0.3 is 0 Å². The molecule has 1 aromatic carbocycles. The predicted molar refractivity (Wildman–Crippen MR) is 95.2 cm³/mol. The number of likely N-dealkylation sites (N-methyl/N-ethyl adjacent to an activating group) is 1. The summed E-state index contributed by atoms with van der Waals surface area (Å²) < 4.78 is 33.9. The number of piperazine rings is 1. The van der Waals surface area contributed by atoms with E-state index in [1.165, 1.54) is 0 Å². The van der Waals surface area contributed by atoms with Crippen LogP contribution in [0.25, 0.3) is 0 Å². The Hall–Kier alpha value is -1.31. The van der Waals surface area contributed by atoms with Crippen LogP contribution in [0.4, 0.5) is 5.69 Å². The molecule has 2 aliphatic rings. The van der Waals surface area contributed by atoms with E-state index < -0.39 is 10.0 Å². The average Bonchev–Trinajstić information content (AvgIpc) is 2.63. The maximum Gasteiger partial charge on any atom is 0.244 e. The molecular formula is C17H27N3O3S. The molecule has 0 unspecified atom stereocenters. The molecule has 6 nitrogen and oxygen atoms in total. The molecule has 1 atom stereocenters. The molecule has 0 bridgehead atoms. The monoisotopic (exact) mass is 353 g/mol. The Labute approximate surface area is 144 Å². The molecule has 7 heteroatoms. The van der Waals surface area contributed by atoms with E-state index in [0.717, 1.165) is 38.3 Å². The van der Waals surface area contributed by atoms with E-state index in [1.807, 2.05) is 12.1 Å². The Kier molecular flexibility index (Phi) is 5.03. The van der Waals surface area contributed by atoms with E-state index in [4.69, 9.17) is 4.74 Å². The van der Waals surface area contributed by atoms with Gasteiger partial charge in [0.25, 0.3) is 0 Å². The molecule has 3 rings (SSSR count). The Balaban J connectivity index is 1.84. The van der Waals surface area contributed by atoms with Crippen molar-refractivity contribution in [2.45, 2.75) is 31.2 Å². The molecule has 1 fully saturated rings. The van der Waals surface area contributed by atoms with Gasteiger partial charge in [-0.05, 0) is 31.5 Å². The van der Waals surface area contributed by atoms with Crippen LogP contribution in [0.15, 0.2) is 23.1 Å². The Morgan fingerprint density at radius 1 is 1.25 bits per heavy atom. The first kappa shape index (κ1) is 17.5. The van der Waals surface area contributed by atoms with Crippen molar-refractivity contribution in [1.29, 1.82) is 0 Å². The van der Waals surface area contributed by atoms with Gasteiger partial charge < -0.3 is 14.5 Å². The summed E-state index contributed by atoms with van der Waals surface area (Å²) in [4.78, 5) is 4.81. The molecule has 0 spiro atoms. The SMILES string of the molecule is CC(C)C[C@H]1COc2cc(N3CCN(C)CC3)ccc2S(=O)(=O)N1. The second kappa shape index (κ2) is 6.90. The zero-order valence-electron chi connectivity index (χ0n) is 14.7. The minimum Gasteiger partial charge on any atom is -0.490 e. The lowest BCUT2D eigenvalue weighted by atomic mass is 10.1. The molecule has 2 heterocycles. The molecule has 0 amide bonds. The summed E-state index contributed by atoms with van der Waals surface area (Å²) in [6.07, 6.45) is 0.762. The summed E-state index contributed by atoms with van der Waals surface area (Å²) in [6, 6.07) is 5.24. The first-order chi connectivity index (χ1) is 11.3. The fourth-order valence-corrected chi connectivity index (χ4v) is 4.65. The van der Waals surface area contributed by atoms with Gasteiger partial charge in [-0.25, -0.2) is 13.1 Å². The maximum atomic E-state index is 12.6. The van der Waals surface area contributed by atoms with Crippen LogP contribution in [-0.4, -0.2) is 59.2 Å². The molecule has 1 aromatic rings. The van der Waals surface area contributed by atoms with E-state index in [9.17, 15) is 8.42 Å². The van der Waals surface area contributed by atoms with Gasteiger partial charge in [0.15, 0.2) is 0 Å². The summed E-state index contributed by atoms with van der Waals surface area (Å²) >= 11 is 0. The van der Waals surface area contributed by atoms with Gasteiger partial charge in [0.2, 0.25) is 10.0 Å². The zero-order chi connectivity index (χ0) is 17.3. The highest BCUT2D eigenvalue weighted by molar-refractivity contribution is 7.89. The molecule has 134 valence electrons. The molecule has 24 heavy (non-hydrogen) atoms. The van der Waals surface area contributed by atoms with Gasteiger partial charge in [-0.1, -0.05) is 13.8 Å². The standard InChI is InChI=1S/C17H27N3O3S/c1-13(2)10-14-12-23-16-11-15(20-8-6-19(3)7-9-20)4-5-17(16)24(21,22)18-14/h4-5,11,13-14,18H,6-10,12H2,1-3H3/t14-/m0/s1. The minimum atomic E-state index is -3.53. The Morgan fingerprint density at radius 2 is 1.96 bits per heavy atom. The van der Waals surface area contributed by atoms with Crippen molar-refractivity contribution >= 4 is 15.7 Å². The third kappa shape index (κ3) is 3.84. The van der Waals surface area contributed by atoms with Crippen molar-refractivity contribution < 1.29 is 13.2 Å². The number of fused-ring (bicyclic) bond motifs is 1. The van der Waals surface area contributed by atoms with Crippen molar-refractivity contribution in [2.24, 2.45) is 5.92 Å². The van der Waals surface area contributed by atoms with Gasteiger partial charge in [0, 0.05) is 37.9 Å². The highest BCUT2D eigenvalue weighted by Crippen LogP contribution is 2.32. The number of nitrogens with one attached hydrogen (secondary N) is 1. The molecule has 1 N–H and O–H groups in total. The highest BCUT2D eigenvalue weighted by Gasteiger charge is 2.29. The van der Waals surface area contributed by atoms with Crippen molar-refractivity contribution in [2.75, 3.05) is 44.7 Å². The lowest BCUT2D eigenvalue weighted by Gasteiger charge is -2.34. The van der Waals surface area contributed by atoms with Gasteiger partial charge in [-0.2, -0.15) is 0 Å². The van der Waals surface area contributed by atoms with Gasteiger partial charge in [-0.3, -0.25) is 0 Å². The number of ether oxygens (including phenoxy) is 1. The first-order valence-electron chi connectivity index (χ1n) is 8.58. The van der Waals surface area contributed by atoms with Crippen LogP contribution < -0.4 is 14.4 Å². The molecular weight excluding hydrogens is 326 g/mol. The van der Waals surface area contributed by atoms with Crippen molar-refractivity contribution in [3.63, 3.8) is 0 Å². The van der Waals surface area contributed by atoms with Crippen LogP contribution >= 0.6 is 0 Å². The zero-order valence-corrected chi connectivity index (χ0v) is 15.5. The quantitative estimate of drug-likeness (QED) is 0.893. The molecule has 0 aliphatic carbocycles. The van der Waals surface area contributed by atoms with Crippen molar-refractivity contribution in [3.05, 3.63) is 18.2 Å². The number of hydrogen-bond acceptors (Lipinski definition) is 5. The lowest BCUT2D eigenvalue weighted by molar-refractivity contribution is 0.262. The smallest absolute Gasteiger partial charge is 0.244 e. The third-order valence-corrected chi connectivity index (χ3v) is 6.16. The summed E-state index contributed by atoms with van der Waals surface area (Å²) in [6.45, 7) is 8.43.